The van der Waals surface area contributed by atoms with Gasteiger partial charge in [-0.1, -0.05) is 39.2 Å². The number of nitro benzene ring substituents is 1. The van der Waals surface area contributed by atoms with Crippen molar-refractivity contribution >= 4 is 11.4 Å². The topological polar surface area (TPSA) is 66.6 Å². The fraction of sp³-hybridized carbons (Fsp3) is 0.667. The molecular formula is C18H25F3N2O3. The van der Waals surface area contributed by atoms with Gasteiger partial charge in [0.1, 0.15) is 5.69 Å². The second-order valence-electron chi connectivity index (χ2n) is 7.29. The van der Waals surface area contributed by atoms with E-state index in [-0.39, 0.29) is 12.0 Å². The number of rotatable bonds is 6. The van der Waals surface area contributed by atoms with Crippen LogP contribution in [0.1, 0.15) is 57.6 Å². The molecule has 1 aromatic rings. The minimum Gasteiger partial charge on any atom is -0.379 e. The van der Waals surface area contributed by atoms with Gasteiger partial charge in [0.05, 0.1) is 4.92 Å². The van der Waals surface area contributed by atoms with Crippen LogP contribution in [0.2, 0.25) is 0 Å². The lowest BCUT2D eigenvalue weighted by atomic mass is 9.92. The fourth-order valence-electron chi connectivity index (χ4n) is 3.52. The van der Waals surface area contributed by atoms with E-state index in [1.165, 1.54) is 6.07 Å². The van der Waals surface area contributed by atoms with Gasteiger partial charge in [-0.05, 0) is 30.4 Å². The van der Waals surface area contributed by atoms with Crippen molar-refractivity contribution in [2.75, 3.05) is 11.4 Å². The van der Waals surface area contributed by atoms with Crippen molar-refractivity contribution in [2.24, 2.45) is 5.92 Å². The third-order valence-electron chi connectivity index (χ3n) is 4.71. The van der Waals surface area contributed by atoms with Crippen molar-refractivity contribution < 1.29 is 23.2 Å². The smallest absolute Gasteiger partial charge is 0.379 e. The zero-order chi connectivity index (χ0) is 19.5. The summed E-state index contributed by atoms with van der Waals surface area (Å²) in [5.41, 5.74) is -0.577. The summed E-state index contributed by atoms with van der Waals surface area (Å²) in [6.07, 6.45) is -2.56. The molecule has 0 aliphatic heterocycles. The Labute approximate surface area is 151 Å². The van der Waals surface area contributed by atoms with Crippen LogP contribution in [0.25, 0.3) is 0 Å². The molecule has 0 amide bonds. The number of alkyl halides is 3. The van der Waals surface area contributed by atoms with Crippen LogP contribution in [-0.4, -0.2) is 28.8 Å². The maximum absolute atomic E-state index is 12.8. The zero-order valence-corrected chi connectivity index (χ0v) is 15.0. The highest BCUT2D eigenvalue weighted by Crippen LogP contribution is 2.39. The first-order valence-electron chi connectivity index (χ1n) is 8.91. The second-order valence-corrected chi connectivity index (χ2v) is 7.29. The maximum Gasteiger partial charge on any atom is 0.418 e. The summed E-state index contributed by atoms with van der Waals surface area (Å²) in [4.78, 5) is 12.8. The van der Waals surface area contributed by atoms with Crippen LogP contribution in [0.3, 0.4) is 0 Å². The minimum absolute atomic E-state index is 0.142. The highest BCUT2D eigenvalue weighted by molar-refractivity contribution is 5.65. The van der Waals surface area contributed by atoms with E-state index in [4.69, 9.17) is 0 Å². The highest BCUT2D eigenvalue weighted by Gasteiger charge is 2.40. The lowest BCUT2D eigenvalue weighted by molar-refractivity contribution is -0.384. The Bertz CT molecular complexity index is 629. The average Bonchev–Trinajstić information content (AvgIpc) is 2.58. The van der Waals surface area contributed by atoms with E-state index in [0.717, 1.165) is 44.2 Å². The predicted octanol–water partition coefficient (Wildman–Crippen LogP) is 4.99. The Kier molecular flexibility index (Phi) is 6.49. The molecule has 5 nitrogen and oxygen atoms in total. The van der Waals surface area contributed by atoms with Crippen molar-refractivity contribution in [3.8, 4) is 0 Å². The normalized spacial score (nSPS) is 17.3. The largest absolute Gasteiger partial charge is 0.418 e. The summed E-state index contributed by atoms with van der Waals surface area (Å²) in [6.45, 7) is 4.60. The van der Waals surface area contributed by atoms with Gasteiger partial charge in [-0.15, -0.1) is 0 Å². The Morgan fingerprint density at radius 2 is 1.88 bits per heavy atom. The number of nitrogens with zero attached hydrogens (tertiary/aromatic N) is 2. The summed E-state index contributed by atoms with van der Waals surface area (Å²) in [6, 6.07) is 3.47. The first-order valence-corrected chi connectivity index (χ1v) is 8.91. The number of nitro groups is 1. The molecule has 1 aliphatic carbocycles. The summed E-state index contributed by atoms with van der Waals surface area (Å²) < 4.78 is 38.3. The molecule has 8 heteroatoms. The molecule has 1 unspecified atom stereocenters. The quantitative estimate of drug-likeness (QED) is 0.563. The molecule has 0 aromatic heterocycles. The number of aliphatic hydroxyl groups excluding tert-OH is 1. The van der Waals surface area contributed by atoms with Gasteiger partial charge in [0.2, 0.25) is 0 Å². The maximum atomic E-state index is 12.8. The number of halogens is 3. The van der Waals surface area contributed by atoms with Gasteiger partial charge in [-0.3, -0.25) is 10.1 Å². The number of hydrogen-bond acceptors (Lipinski definition) is 4. The average molecular weight is 374 g/mol. The zero-order valence-electron chi connectivity index (χ0n) is 15.0. The third kappa shape index (κ3) is 4.87. The fourth-order valence-corrected chi connectivity index (χ4v) is 3.52. The van der Waals surface area contributed by atoms with Gasteiger partial charge in [-0.25, -0.2) is 0 Å². The van der Waals surface area contributed by atoms with Crippen LogP contribution in [-0.2, 0) is 0 Å². The standard InChI is InChI=1S/C18H25F3N2O3/c1-12(2)11-22(14-6-4-3-5-7-14)15-9-8-13(10-16(15)23(25)26)17(24)18(19,20)21/h8-10,12,14,17,24H,3-7,11H2,1-2H3. The minimum atomic E-state index is -4.86. The van der Waals surface area contributed by atoms with E-state index in [9.17, 15) is 28.4 Å². The van der Waals surface area contributed by atoms with Crippen LogP contribution in [0.4, 0.5) is 24.5 Å². The molecule has 1 aliphatic rings. The van der Waals surface area contributed by atoms with E-state index >= 15 is 0 Å². The number of hydrogen-bond donors (Lipinski definition) is 1. The van der Waals surface area contributed by atoms with Gasteiger partial charge < -0.3 is 10.0 Å². The Hall–Kier alpha value is -1.83. The molecule has 1 saturated carbocycles. The number of aliphatic hydroxyl groups is 1. The first-order chi connectivity index (χ1) is 12.1. The van der Waals surface area contributed by atoms with Crippen LogP contribution in [0.5, 0.6) is 0 Å². The van der Waals surface area contributed by atoms with E-state index in [0.29, 0.717) is 12.2 Å². The Balaban J connectivity index is 2.45. The van der Waals surface area contributed by atoms with Gasteiger partial charge in [0.15, 0.2) is 6.10 Å². The van der Waals surface area contributed by atoms with Crippen molar-refractivity contribution in [3.05, 3.63) is 33.9 Å². The molecule has 1 N–H and O–H groups in total. The molecule has 0 bridgehead atoms. The lowest BCUT2D eigenvalue weighted by Crippen LogP contribution is -2.39. The molecule has 2 rings (SSSR count). The molecule has 0 spiro atoms. The molecular weight excluding hydrogens is 349 g/mol. The van der Waals surface area contributed by atoms with Gasteiger partial charge >= 0.3 is 6.18 Å². The van der Waals surface area contributed by atoms with Crippen LogP contribution >= 0.6 is 0 Å². The molecule has 1 atom stereocenters. The first kappa shape index (κ1) is 20.5. The van der Waals surface area contributed by atoms with Crippen LogP contribution < -0.4 is 4.90 Å². The third-order valence-corrected chi connectivity index (χ3v) is 4.71. The highest BCUT2D eigenvalue weighted by atomic mass is 19.4. The monoisotopic (exact) mass is 374 g/mol. The number of anilines is 1. The van der Waals surface area contributed by atoms with Crippen molar-refractivity contribution in [1.29, 1.82) is 0 Å². The summed E-state index contributed by atoms with van der Waals surface area (Å²) in [5.74, 6) is 0.247. The van der Waals surface area contributed by atoms with E-state index < -0.39 is 28.5 Å². The summed E-state index contributed by atoms with van der Waals surface area (Å²) in [7, 11) is 0. The molecule has 0 heterocycles. The molecule has 1 fully saturated rings. The van der Waals surface area contributed by atoms with Crippen LogP contribution in [0.15, 0.2) is 18.2 Å². The summed E-state index contributed by atoms with van der Waals surface area (Å²) in [5, 5.41) is 21.0. The molecule has 0 saturated heterocycles. The Morgan fingerprint density at radius 3 is 2.38 bits per heavy atom. The van der Waals surface area contributed by atoms with Gasteiger partial charge in [-0.2, -0.15) is 13.2 Å². The van der Waals surface area contributed by atoms with Crippen molar-refractivity contribution in [2.45, 2.75) is 64.3 Å². The van der Waals surface area contributed by atoms with Crippen LogP contribution in [0, 0.1) is 16.0 Å². The van der Waals surface area contributed by atoms with Gasteiger partial charge in [0.25, 0.3) is 5.69 Å². The van der Waals surface area contributed by atoms with E-state index in [1.54, 1.807) is 0 Å². The predicted molar refractivity (Wildman–Crippen MR) is 93.2 cm³/mol. The Morgan fingerprint density at radius 1 is 1.27 bits per heavy atom. The molecule has 1 aromatic carbocycles. The molecule has 26 heavy (non-hydrogen) atoms. The van der Waals surface area contributed by atoms with Crippen molar-refractivity contribution in [1.82, 2.24) is 0 Å². The SMILES string of the molecule is CC(C)CN(c1ccc(C(O)C(F)(F)F)cc1[N+](=O)[O-])C1CCCCC1. The summed E-state index contributed by atoms with van der Waals surface area (Å²) >= 11 is 0. The van der Waals surface area contributed by atoms with Gasteiger partial charge in [0, 0.05) is 18.7 Å². The van der Waals surface area contributed by atoms with E-state index in [2.05, 4.69) is 0 Å². The van der Waals surface area contributed by atoms with E-state index in [1.807, 2.05) is 18.7 Å². The lowest BCUT2D eigenvalue weighted by Gasteiger charge is -2.37. The number of benzene rings is 1. The molecule has 0 radical (unpaired) electrons. The molecule has 146 valence electrons. The second kappa shape index (κ2) is 8.24. The van der Waals surface area contributed by atoms with Crippen molar-refractivity contribution in [3.63, 3.8) is 0 Å².